The summed E-state index contributed by atoms with van der Waals surface area (Å²) in [7, 11) is 0. The number of carbonyl (C=O) groups excluding carboxylic acids is 1. The average Bonchev–Trinajstić information content (AvgIpc) is 2.80. The maximum atomic E-state index is 13.2. The molecule has 0 spiro atoms. The first-order valence-electron chi connectivity index (χ1n) is 11.3. The Kier molecular flexibility index (Phi) is 5.60. The third-order valence-electron chi connectivity index (χ3n) is 6.50. The van der Waals surface area contributed by atoms with Crippen molar-refractivity contribution in [2.45, 2.75) is 57.3 Å². The molecule has 5 nitrogen and oxygen atoms in total. The Labute approximate surface area is 186 Å². The number of fused-ring (bicyclic) bond motifs is 3. The zero-order chi connectivity index (χ0) is 22.1. The van der Waals surface area contributed by atoms with Crippen molar-refractivity contribution in [1.29, 1.82) is 0 Å². The van der Waals surface area contributed by atoms with Gasteiger partial charge in [0.25, 0.3) is 0 Å². The summed E-state index contributed by atoms with van der Waals surface area (Å²) < 4.78 is 13.2. The van der Waals surface area contributed by atoms with Gasteiger partial charge in [-0.15, -0.1) is 0 Å². The number of amides is 1. The van der Waals surface area contributed by atoms with E-state index in [9.17, 15) is 14.3 Å². The lowest BCUT2D eigenvalue weighted by Crippen LogP contribution is -2.21. The molecule has 2 aliphatic rings. The van der Waals surface area contributed by atoms with Gasteiger partial charge in [0.15, 0.2) is 5.82 Å². The van der Waals surface area contributed by atoms with Crippen LogP contribution in [0.2, 0.25) is 0 Å². The summed E-state index contributed by atoms with van der Waals surface area (Å²) in [4.78, 5) is 22.8. The fourth-order valence-electron chi connectivity index (χ4n) is 4.86. The van der Waals surface area contributed by atoms with Gasteiger partial charge in [0.05, 0.1) is 23.5 Å². The summed E-state index contributed by atoms with van der Waals surface area (Å²) in [6, 6.07) is 11.4. The van der Waals surface area contributed by atoms with E-state index < -0.39 is 0 Å². The largest absolute Gasteiger partial charge is 0.508 e. The van der Waals surface area contributed by atoms with Crippen LogP contribution < -0.4 is 5.32 Å². The molecule has 0 bridgehead atoms. The normalized spacial score (nSPS) is 15.7. The Morgan fingerprint density at radius 3 is 2.59 bits per heavy atom. The quantitative estimate of drug-likeness (QED) is 0.587. The van der Waals surface area contributed by atoms with Crippen molar-refractivity contribution in [3.8, 4) is 17.0 Å². The van der Waals surface area contributed by atoms with Crippen LogP contribution in [-0.4, -0.2) is 21.0 Å². The van der Waals surface area contributed by atoms with Crippen LogP contribution >= 0.6 is 0 Å². The molecule has 5 rings (SSSR count). The van der Waals surface area contributed by atoms with Gasteiger partial charge in [-0.05, 0) is 67.1 Å². The van der Waals surface area contributed by atoms with Gasteiger partial charge in [-0.2, -0.15) is 0 Å². The minimum absolute atomic E-state index is 0.158. The first-order valence-corrected chi connectivity index (χ1v) is 11.3. The van der Waals surface area contributed by atoms with Crippen molar-refractivity contribution in [1.82, 2.24) is 9.97 Å². The highest BCUT2D eigenvalue weighted by Gasteiger charge is 2.27. The predicted molar refractivity (Wildman–Crippen MR) is 121 cm³/mol. The summed E-state index contributed by atoms with van der Waals surface area (Å²) >= 11 is 0. The summed E-state index contributed by atoms with van der Waals surface area (Å²) in [6.07, 6.45) is 7.25. The fourth-order valence-corrected chi connectivity index (χ4v) is 4.86. The fraction of sp³-hybridized carbons (Fsp3) is 0.346. The molecule has 3 aromatic rings. The highest BCUT2D eigenvalue weighted by Crippen LogP contribution is 2.39. The van der Waals surface area contributed by atoms with Crippen molar-refractivity contribution in [2.24, 2.45) is 0 Å². The Balaban J connectivity index is 1.49. The first kappa shape index (κ1) is 20.6. The third kappa shape index (κ3) is 4.22. The van der Waals surface area contributed by atoms with Gasteiger partial charge in [0.1, 0.15) is 11.6 Å². The molecule has 2 N–H and O–H groups in total. The zero-order valence-electron chi connectivity index (χ0n) is 17.9. The van der Waals surface area contributed by atoms with E-state index >= 15 is 0 Å². The SMILES string of the molecule is O=C(Cc1ccc(F)cc1)Nc1nc2c(nc1C1CCCCC1)-c1ccc(O)cc1CC2. The Bertz CT molecular complexity index is 1150. The second kappa shape index (κ2) is 8.69. The molecule has 6 heteroatoms. The molecule has 1 aromatic heterocycles. The van der Waals surface area contributed by atoms with E-state index in [4.69, 9.17) is 9.97 Å². The van der Waals surface area contributed by atoms with E-state index in [1.165, 1.54) is 18.6 Å². The van der Waals surface area contributed by atoms with E-state index in [0.717, 1.165) is 65.9 Å². The van der Waals surface area contributed by atoms with Gasteiger partial charge < -0.3 is 10.4 Å². The van der Waals surface area contributed by atoms with Crippen molar-refractivity contribution >= 4 is 11.7 Å². The molecule has 1 saturated carbocycles. The van der Waals surface area contributed by atoms with Crippen molar-refractivity contribution in [3.63, 3.8) is 0 Å². The Morgan fingerprint density at radius 2 is 1.81 bits per heavy atom. The number of carbonyl (C=O) groups is 1. The molecule has 164 valence electrons. The summed E-state index contributed by atoms with van der Waals surface area (Å²) in [5.74, 6) is 0.597. The third-order valence-corrected chi connectivity index (χ3v) is 6.50. The molecule has 2 aromatic carbocycles. The highest BCUT2D eigenvalue weighted by molar-refractivity contribution is 5.92. The smallest absolute Gasteiger partial charge is 0.229 e. The minimum atomic E-state index is -0.317. The molecule has 0 unspecified atom stereocenters. The minimum Gasteiger partial charge on any atom is -0.508 e. The number of aryl methyl sites for hydroxylation is 2. The van der Waals surface area contributed by atoms with Gasteiger partial charge in [-0.1, -0.05) is 31.4 Å². The van der Waals surface area contributed by atoms with Gasteiger partial charge >= 0.3 is 0 Å². The maximum Gasteiger partial charge on any atom is 0.229 e. The number of hydrogen-bond donors (Lipinski definition) is 2. The first-order chi connectivity index (χ1) is 15.6. The van der Waals surface area contributed by atoms with Gasteiger partial charge in [-0.3, -0.25) is 4.79 Å². The summed E-state index contributed by atoms with van der Waals surface area (Å²) in [5.41, 5.74) is 5.44. The van der Waals surface area contributed by atoms with Crippen LogP contribution in [0.25, 0.3) is 11.3 Å². The van der Waals surface area contributed by atoms with Crippen molar-refractivity contribution in [3.05, 3.63) is 70.8 Å². The molecule has 1 fully saturated rings. The van der Waals surface area contributed by atoms with Gasteiger partial charge in [0.2, 0.25) is 5.91 Å². The summed E-state index contributed by atoms with van der Waals surface area (Å²) in [5, 5.41) is 12.9. The second-order valence-corrected chi connectivity index (χ2v) is 8.78. The van der Waals surface area contributed by atoms with Crippen LogP contribution in [0.5, 0.6) is 5.75 Å². The van der Waals surface area contributed by atoms with E-state index in [-0.39, 0.29) is 29.8 Å². The molecular formula is C26H26FN3O2. The number of halogens is 1. The van der Waals surface area contributed by atoms with E-state index in [1.807, 2.05) is 6.07 Å². The average molecular weight is 432 g/mol. The molecule has 0 radical (unpaired) electrons. The molecule has 0 saturated heterocycles. The lowest BCUT2D eigenvalue weighted by atomic mass is 9.85. The lowest BCUT2D eigenvalue weighted by molar-refractivity contribution is -0.115. The van der Waals surface area contributed by atoms with Crippen LogP contribution in [0.1, 0.15) is 60.5 Å². The monoisotopic (exact) mass is 431 g/mol. The van der Waals surface area contributed by atoms with Crippen LogP contribution in [0.4, 0.5) is 10.2 Å². The highest BCUT2D eigenvalue weighted by atomic mass is 19.1. The van der Waals surface area contributed by atoms with Gasteiger partial charge in [0, 0.05) is 11.5 Å². The standard InChI is InChI=1S/C26H26FN3O2/c27-19-9-6-16(7-10-19)14-23(32)29-26-24(17-4-2-1-3-5-17)30-25-21-12-11-20(31)15-18(21)8-13-22(25)28-26/h6-7,9-12,15,17,31H,1-5,8,13-14H2,(H,28,29,32). The van der Waals surface area contributed by atoms with Crippen LogP contribution in [0.3, 0.4) is 0 Å². The number of nitrogens with one attached hydrogen (secondary N) is 1. The number of phenolic OH excluding ortho intramolecular Hbond substituents is 1. The number of rotatable bonds is 4. The number of anilines is 1. The molecule has 32 heavy (non-hydrogen) atoms. The number of phenols is 1. The molecule has 0 aliphatic heterocycles. The number of nitrogens with zero attached hydrogens (tertiary/aromatic N) is 2. The topological polar surface area (TPSA) is 75.1 Å². The van der Waals surface area contributed by atoms with Crippen molar-refractivity contribution in [2.75, 3.05) is 5.32 Å². The Morgan fingerprint density at radius 1 is 1.03 bits per heavy atom. The predicted octanol–water partition coefficient (Wildman–Crippen LogP) is 5.32. The number of benzene rings is 2. The van der Waals surface area contributed by atoms with Crippen LogP contribution in [0.15, 0.2) is 42.5 Å². The summed E-state index contributed by atoms with van der Waals surface area (Å²) in [6.45, 7) is 0. The van der Waals surface area contributed by atoms with Crippen LogP contribution in [0, 0.1) is 5.82 Å². The molecular weight excluding hydrogens is 405 g/mol. The number of aromatic nitrogens is 2. The van der Waals surface area contributed by atoms with E-state index in [2.05, 4.69) is 5.32 Å². The molecule has 1 amide bonds. The second-order valence-electron chi connectivity index (χ2n) is 8.78. The van der Waals surface area contributed by atoms with Crippen molar-refractivity contribution < 1.29 is 14.3 Å². The number of aromatic hydroxyl groups is 1. The molecule has 0 atom stereocenters. The molecule has 2 aliphatic carbocycles. The van der Waals surface area contributed by atoms with Gasteiger partial charge in [-0.25, -0.2) is 14.4 Å². The zero-order valence-corrected chi connectivity index (χ0v) is 17.9. The Hall–Kier alpha value is -3.28. The van der Waals surface area contributed by atoms with Crippen LogP contribution in [-0.2, 0) is 24.1 Å². The molecule has 1 heterocycles. The lowest BCUT2D eigenvalue weighted by Gasteiger charge is -2.26. The number of hydrogen-bond acceptors (Lipinski definition) is 4. The van der Waals surface area contributed by atoms with E-state index in [0.29, 0.717) is 12.2 Å². The maximum absolute atomic E-state index is 13.2. The van der Waals surface area contributed by atoms with E-state index in [1.54, 1.807) is 24.3 Å².